The number of ether oxygens (including phenoxy) is 1. The lowest BCUT2D eigenvalue weighted by atomic mass is 10.0. The van der Waals surface area contributed by atoms with Gasteiger partial charge in [-0.05, 0) is 17.7 Å². The SMILES string of the molecule is COC(=O)[C@@H](N)Cc1ccc(C(=O)O)cc1F. The zero-order chi connectivity index (χ0) is 13.0. The van der Waals surface area contributed by atoms with Gasteiger partial charge in [0.2, 0.25) is 0 Å². The number of rotatable bonds is 4. The third-order valence-electron chi connectivity index (χ3n) is 2.24. The molecule has 0 saturated heterocycles. The Morgan fingerprint density at radius 1 is 1.53 bits per heavy atom. The molecule has 0 aliphatic heterocycles. The summed E-state index contributed by atoms with van der Waals surface area (Å²) in [5.74, 6) is -2.57. The molecule has 0 spiro atoms. The number of carbonyl (C=O) groups is 2. The molecule has 17 heavy (non-hydrogen) atoms. The van der Waals surface area contributed by atoms with E-state index in [-0.39, 0.29) is 17.5 Å². The molecule has 0 radical (unpaired) electrons. The van der Waals surface area contributed by atoms with Crippen molar-refractivity contribution in [3.63, 3.8) is 0 Å². The number of esters is 1. The summed E-state index contributed by atoms with van der Waals surface area (Å²) < 4.78 is 17.9. The highest BCUT2D eigenvalue weighted by molar-refractivity contribution is 5.87. The van der Waals surface area contributed by atoms with Gasteiger partial charge in [-0.2, -0.15) is 0 Å². The van der Waals surface area contributed by atoms with Crippen LogP contribution in [0.5, 0.6) is 0 Å². The number of carbonyl (C=O) groups excluding carboxylic acids is 1. The first kappa shape index (κ1) is 13.1. The Labute approximate surface area is 97.0 Å². The van der Waals surface area contributed by atoms with E-state index in [4.69, 9.17) is 10.8 Å². The van der Waals surface area contributed by atoms with Crippen molar-refractivity contribution in [1.82, 2.24) is 0 Å². The highest BCUT2D eigenvalue weighted by Crippen LogP contribution is 2.12. The van der Waals surface area contributed by atoms with E-state index in [0.29, 0.717) is 0 Å². The third kappa shape index (κ3) is 3.25. The van der Waals surface area contributed by atoms with Gasteiger partial charge >= 0.3 is 11.9 Å². The second-order valence-electron chi connectivity index (χ2n) is 3.45. The Balaban J connectivity index is 2.86. The minimum atomic E-state index is -1.22. The summed E-state index contributed by atoms with van der Waals surface area (Å²) in [5, 5.41) is 8.64. The monoisotopic (exact) mass is 241 g/mol. The van der Waals surface area contributed by atoms with E-state index in [0.717, 1.165) is 6.07 Å². The van der Waals surface area contributed by atoms with E-state index < -0.39 is 23.8 Å². The predicted octanol–water partition coefficient (Wildman–Crippen LogP) is 0.567. The van der Waals surface area contributed by atoms with Gasteiger partial charge in [-0.3, -0.25) is 4.79 Å². The Hall–Kier alpha value is -1.95. The van der Waals surface area contributed by atoms with Gasteiger partial charge in [-0.25, -0.2) is 9.18 Å². The summed E-state index contributed by atoms with van der Waals surface area (Å²) in [6.45, 7) is 0. The zero-order valence-electron chi connectivity index (χ0n) is 9.14. The van der Waals surface area contributed by atoms with Crippen LogP contribution in [-0.2, 0) is 16.0 Å². The smallest absolute Gasteiger partial charge is 0.335 e. The van der Waals surface area contributed by atoms with Gasteiger partial charge in [0.25, 0.3) is 0 Å². The van der Waals surface area contributed by atoms with Crippen molar-refractivity contribution in [2.75, 3.05) is 7.11 Å². The molecule has 1 aromatic rings. The number of methoxy groups -OCH3 is 1. The van der Waals surface area contributed by atoms with Crippen LogP contribution in [0.1, 0.15) is 15.9 Å². The van der Waals surface area contributed by atoms with Gasteiger partial charge in [0.15, 0.2) is 0 Å². The van der Waals surface area contributed by atoms with Crippen LogP contribution in [0.2, 0.25) is 0 Å². The van der Waals surface area contributed by atoms with Crippen LogP contribution in [0.15, 0.2) is 18.2 Å². The molecule has 0 amide bonds. The molecule has 1 rings (SSSR count). The quantitative estimate of drug-likeness (QED) is 0.752. The Kier molecular flexibility index (Phi) is 4.17. The highest BCUT2D eigenvalue weighted by atomic mass is 19.1. The first-order chi connectivity index (χ1) is 7.95. The lowest BCUT2D eigenvalue weighted by Gasteiger charge is -2.10. The summed E-state index contributed by atoms with van der Waals surface area (Å²) in [5.41, 5.74) is 5.49. The van der Waals surface area contributed by atoms with Crippen LogP contribution in [0.3, 0.4) is 0 Å². The first-order valence-electron chi connectivity index (χ1n) is 4.81. The molecule has 0 aromatic heterocycles. The third-order valence-corrected chi connectivity index (χ3v) is 2.24. The number of hydrogen-bond donors (Lipinski definition) is 2. The summed E-state index contributed by atoms with van der Waals surface area (Å²) >= 11 is 0. The fraction of sp³-hybridized carbons (Fsp3) is 0.273. The van der Waals surface area contributed by atoms with Crippen LogP contribution < -0.4 is 5.73 Å². The number of carboxylic acid groups (broad SMARTS) is 1. The molecule has 3 N–H and O–H groups in total. The van der Waals surface area contributed by atoms with Crippen molar-refractivity contribution in [3.8, 4) is 0 Å². The molecule has 0 unspecified atom stereocenters. The maximum absolute atomic E-state index is 13.5. The lowest BCUT2D eigenvalue weighted by molar-refractivity contribution is -0.142. The molecule has 0 saturated carbocycles. The van der Waals surface area contributed by atoms with E-state index >= 15 is 0 Å². The van der Waals surface area contributed by atoms with Gasteiger partial charge in [-0.15, -0.1) is 0 Å². The number of hydrogen-bond acceptors (Lipinski definition) is 4. The van der Waals surface area contributed by atoms with E-state index in [1.165, 1.54) is 19.2 Å². The van der Waals surface area contributed by atoms with Gasteiger partial charge in [0, 0.05) is 6.42 Å². The maximum Gasteiger partial charge on any atom is 0.335 e. The number of halogens is 1. The normalized spacial score (nSPS) is 11.9. The van der Waals surface area contributed by atoms with Crippen molar-refractivity contribution < 1.29 is 23.8 Å². The fourth-order valence-electron chi connectivity index (χ4n) is 1.32. The molecule has 6 heteroatoms. The van der Waals surface area contributed by atoms with Gasteiger partial charge in [-0.1, -0.05) is 6.07 Å². The average molecular weight is 241 g/mol. The molecule has 5 nitrogen and oxygen atoms in total. The van der Waals surface area contributed by atoms with Crippen molar-refractivity contribution in [1.29, 1.82) is 0 Å². The lowest BCUT2D eigenvalue weighted by Crippen LogP contribution is -2.33. The van der Waals surface area contributed by atoms with Crippen molar-refractivity contribution in [2.24, 2.45) is 5.73 Å². The average Bonchev–Trinajstić information content (AvgIpc) is 2.30. The molecule has 1 aromatic carbocycles. The number of aromatic carboxylic acids is 1. The van der Waals surface area contributed by atoms with E-state index in [1.54, 1.807) is 0 Å². The highest BCUT2D eigenvalue weighted by Gasteiger charge is 2.17. The zero-order valence-corrected chi connectivity index (χ0v) is 9.14. The van der Waals surface area contributed by atoms with E-state index in [9.17, 15) is 14.0 Å². The minimum absolute atomic E-state index is 0.0432. The largest absolute Gasteiger partial charge is 0.478 e. The van der Waals surface area contributed by atoms with E-state index in [2.05, 4.69) is 4.74 Å². The van der Waals surface area contributed by atoms with Gasteiger partial charge < -0.3 is 15.6 Å². The minimum Gasteiger partial charge on any atom is -0.478 e. The van der Waals surface area contributed by atoms with E-state index in [1.807, 2.05) is 0 Å². The van der Waals surface area contributed by atoms with Crippen molar-refractivity contribution in [3.05, 3.63) is 35.1 Å². The Morgan fingerprint density at radius 3 is 2.65 bits per heavy atom. The van der Waals surface area contributed by atoms with Crippen LogP contribution in [0.25, 0.3) is 0 Å². The molecule has 0 fully saturated rings. The maximum atomic E-state index is 13.5. The van der Waals surface area contributed by atoms with Crippen LogP contribution >= 0.6 is 0 Å². The van der Waals surface area contributed by atoms with Crippen LogP contribution in [-0.4, -0.2) is 30.2 Å². The van der Waals surface area contributed by atoms with Gasteiger partial charge in [0.1, 0.15) is 11.9 Å². The number of benzene rings is 1. The Bertz CT molecular complexity index is 447. The summed E-state index contributed by atoms with van der Waals surface area (Å²) in [7, 11) is 1.19. The standard InChI is InChI=1S/C11H12FNO4/c1-17-11(16)9(13)5-6-2-3-7(10(14)15)4-8(6)12/h2-4,9H,5,13H2,1H3,(H,14,15)/t9-/m0/s1. The predicted molar refractivity (Wildman–Crippen MR) is 57.1 cm³/mol. The molecular weight excluding hydrogens is 229 g/mol. The molecule has 0 bridgehead atoms. The molecule has 1 atom stereocenters. The second-order valence-corrected chi connectivity index (χ2v) is 3.45. The second kappa shape index (κ2) is 5.40. The van der Waals surface area contributed by atoms with Crippen molar-refractivity contribution >= 4 is 11.9 Å². The first-order valence-corrected chi connectivity index (χ1v) is 4.81. The molecule has 0 aliphatic rings. The van der Waals surface area contributed by atoms with Crippen LogP contribution in [0, 0.1) is 5.82 Å². The summed E-state index contributed by atoms with van der Waals surface area (Å²) in [6, 6.07) is 2.47. The Morgan fingerprint density at radius 2 is 2.18 bits per heavy atom. The van der Waals surface area contributed by atoms with Gasteiger partial charge in [0.05, 0.1) is 12.7 Å². The molecule has 92 valence electrons. The number of carboxylic acids is 1. The van der Waals surface area contributed by atoms with Crippen LogP contribution in [0.4, 0.5) is 4.39 Å². The summed E-state index contributed by atoms with van der Waals surface area (Å²) in [6.07, 6.45) is -0.0432. The van der Waals surface area contributed by atoms with Crippen molar-refractivity contribution in [2.45, 2.75) is 12.5 Å². The molecule has 0 heterocycles. The topological polar surface area (TPSA) is 89.6 Å². The molecular formula is C11H12FNO4. The summed E-state index contributed by atoms with van der Waals surface area (Å²) in [4.78, 5) is 21.6. The molecule has 0 aliphatic carbocycles. The fourth-order valence-corrected chi connectivity index (χ4v) is 1.32. The number of nitrogens with two attached hydrogens (primary N) is 1.